The lowest BCUT2D eigenvalue weighted by molar-refractivity contribution is -0.122. The van der Waals surface area contributed by atoms with E-state index >= 15 is 0 Å². The number of morpholine rings is 1. The Morgan fingerprint density at radius 1 is 0.978 bits per heavy atom. The summed E-state index contributed by atoms with van der Waals surface area (Å²) in [5, 5.41) is 9.88. The number of benzene rings is 1. The first-order valence-electron chi connectivity index (χ1n) is 15.1. The number of pyridine rings is 1. The van der Waals surface area contributed by atoms with Crippen molar-refractivity contribution < 1.29 is 37.7 Å². The first-order valence-corrected chi connectivity index (χ1v) is 15.1. The summed E-state index contributed by atoms with van der Waals surface area (Å²) in [7, 11) is 0. The van der Waals surface area contributed by atoms with Crippen molar-refractivity contribution in [3.05, 3.63) is 52.7 Å². The largest absolute Gasteiger partial charge is 0.474 e. The Kier molecular flexibility index (Phi) is 9.56. The topological polar surface area (TPSA) is 142 Å². The molecule has 1 aromatic carbocycles. The van der Waals surface area contributed by atoms with E-state index in [0.717, 1.165) is 12.1 Å². The van der Waals surface area contributed by atoms with Gasteiger partial charge in [0.15, 0.2) is 0 Å². The molecule has 0 bridgehead atoms. The third kappa shape index (κ3) is 6.87. The van der Waals surface area contributed by atoms with Gasteiger partial charge >= 0.3 is 6.09 Å². The number of ether oxygens (including phenoxy) is 2. The number of rotatable bonds is 7. The normalized spacial score (nSPS) is 25.9. The maximum absolute atomic E-state index is 14.6. The minimum absolute atomic E-state index is 0.00115. The van der Waals surface area contributed by atoms with Gasteiger partial charge in [-0.1, -0.05) is 6.07 Å². The van der Waals surface area contributed by atoms with Crippen LogP contribution in [-0.4, -0.2) is 119 Å². The van der Waals surface area contributed by atoms with Gasteiger partial charge in [-0.25, -0.2) is 18.6 Å². The number of nitrogens with two attached hydrogens (primary N) is 1. The summed E-state index contributed by atoms with van der Waals surface area (Å²) in [5.74, 6) is -2.58. The fourth-order valence-corrected chi connectivity index (χ4v) is 6.55. The van der Waals surface area contributed by atoms with Crippen LogP contribution >= 0.6 is 0 Å². The van der Waals surface area contributed by atoms with Crippen LogP contribution in [0.3, 0.4) is 0 Å². The molecule has 3 aliphatic rings. The molecule has 5 atom stereocenters. The van der Waals surface area contributed by atoms with Crippen LogP contribution in [-0.2, 0) is 16.0 Å². The van der Waals surface area contributed by atoms with E-state index in [1.54, 1.807) is 11.0 Å². The van der Waals surface area contributed by atoms with Gasteiger partial charge in [-0.05, 0) is 51.0 Å². The van der Waals surface area contributed by atoms with Crippen LogP contribution in [0, 0.1) is 11.6 Å². The van der Waals surface area contributed by atoms with Gasteiger partial charge in [-0.15, -0.1) is 0 Å². The lowest BCUT2D eigenvalue weighted by atomic mass is 10.0. The molecule has 5 rings (SSSR count). The van der Waals surface area contributed by atoms with Crippen LogP contribution in [0.5, 0.6) is 5.88 Å². The molecule has 0 saturated carbocycles. The zero-order chi connectivity index (χ0) is 32.6. The summed E-state index contributed by atoms with van der Waals surface area (Å²) in [6.07, 6.45) is -1.12. The monoisotopic (exact) mass is 630 g/mol. The number of fused-ring (bicyclic) bond motifs is 1. The number of primary amides is 1. The summed E-state index contributed by atoms with van der Waals surface area (Å²) in [5.41, 5.74) is 6.18. The van der Waals surface area contributed by atoms with Crippen molar-refractivity contribution in [1.29, 1.82) is 0 Å². The number of aromatic nitrogens is 1. The maximum atomic E-state index is 14.6. The van der Waals surface area contributed by atoms with Crippen molar-refractivity contribution in [3.63, 3.8) is 0 Å². The number of hydrogen-bond donors (Lipinski definition) is 2. The fraction of sp³-hybridized carbons (Fsp3) is 0.548. The Bertz CT molecular complexity index is 1450. The van der Waals surface area contributed by atoms with Gasteiger partial charge < -0.3 is 30.1 Å². The highest BCUT2D eigenvalue weighted by atomic mass is 19.1. The minimum Gasteiger partial charge on any atom is -0.474 e. The molecule has 2 saturated heterocycles. The molecule has 2 fully saturated rings. The number of carbonyl (C=O) groups is 3. The molecule has 1 unspecified atom stereocenters. The Hall–Kier alpha value is -3.88. The van der Waals surface area contributed by atoms with Crippen LogP contribution < -0.4 is 15.4 Å². The maximum Gasteiger partial charge on any atom is 0.407 e. The Labute approximate surface area is 260 Å². The van der Waals surface area contributed by atoms with Gasteiger partial charge in [0, 0.05) is 56.3 Å². The molecule has 3 amide bonds. The highest BCUT2D eigenvalue weighted by molar-refractivity contribution is 5.99. The van der Waals surface area contributed by atoms with Gasteiger partial charge in [-0.2, -0.15) is 0 Å². The van der Waals surface area contributed by atoms with E-state index in [1.165, 1.54) is 11.0 Å². The Balaban J connectivity index is 1.44. The molecule has 45 heavy (non-hydrogen) atoms. The van der Waals surface area contributed by atoms with Crippen LogP contribution in [0.2, 0.25) is 0 Å². The third-order valence-corrected chi connectivity index (χ3v) is 8.92. The average molecular weight is 631 g/mol. The van der Waals surface area contributed by atoms with Crippen molar-refractivity contribution in [2.45, 2.75) is 64.3 Å². The van der Waals surface area contributed by atoms with Gasteiger partial charge in [0.25, 0.3) is 5.91 Å². The van der Waals surface area contributed by atoms with Gasteiger partial charge in [-0.3, -0.25) is 19.4 Å². The summed E-state index contributed by atoms with van der Waals surface area (Å²) >= 11 is 0. The number of halogens is 2. The molecule has 1 aromatic heterocycles. The zero-order valence-electron chi connectivity index (χ0n) is 25.9. The molecular formula is C31H40F2N6O6. The lowest BCUT2D eigenvalue weighted by Crippen LogP contribution is -2.65. The summed E-state index contributed by atoms with van der Waals surface area (Å²) < 4.78 is 39.6. The first kappa shape index (κ1) is 32.5. The molecule has 0 spiro atoms. The number of nitrogens with zero attached hydrogens (tertiary/aromatic N) is 5. The van der Waals surface area contributed by atoms with Crippen molar-refractivity contribution >= 4 is 23.6 Å². The first-order chi connectivity index (χ1) is 21.3. The highest BCUT2D eigenvalue weighted by Gasteiger charge is 2.40. The van der Waals surface area contributed by atoms with Gasteiger partial charge in [0.2, 0.25) is 11.8 Å². The molecule has 14 heteroatoms. The molecule has 2 aromatic rings. The smallest absolute Gasteiger partial charge is 0.407 e. The molecule has 4 heterocycles. The number of hydrogen-bond acceptors (Lipinski definition) is 8. The van der Waals surface area contributed by atoms with E-state index in [0.29, 0.717) is 32.0 Å². The lowest BCUT2D eigenvalue weighted by Gasteiger charge is -2.48. The fourth-order valence-electron chi connectivity index (χ4n) is 6.55. The average Bonchev–Trinajstić information content (AvgIpc) is 2.96. The number of anilines is 1. The van der Waals surface area contributed by atoms with Crippen LogP contribution in [0.4, 0.5) is 19.3 Å². The second-order valence-electron chi connectivity index (χ2n) is 12.3. The minimum atomic E-state index is -1.00. The molecule has 3 N–H and O–H groups in total. The van der Waals surface area contributed by atoms with E-state index in [4.69, 9.17) is 15.2 Å². The number of carbonyl (C=O) groups excluding carboxylic acids is 2. The van der Waals surface area contributed by atoms with E-state index in [9.17, 15) is 28.3 Å². The third-order valence-electron chi connectivity index (χ3n) is 8.92. The molecule has 12 nitrogen and oxygen atoms in total. The van der Waals surface area contributed by atoms with E-state index in [-0.39, 0.29) is 78.9 Å². The van der Waals surface area contributed by atoms with Crippen LogP contribution in [0.15, 0.2) is 24.3 Å². The second-order valence-corrected chi connectivity index (χ2v) is 12.3. The van der Waals surface area contributed by atoms with Crippen LogP contribution in [0.25, 0.3) is 0 Å². The van der Waals surface area contributed by atoms with Crippen molar-refractivity contribution in [2.75, 3.05) is 50.9 Å². The Morgan fingerprint density at radius 2 is 1.69 bits per heavy atom. The van der Waals surface area contributed by atoms with E-state index in [2.05, 4.69) is 23.7 Å². The van der Waals surface area contributed by atoms with Crippen LogP contribution in [0.1, 0.15) is 49.3 Å². The summed E-state index contributed by atoms with van der Waals surface area (Å²) in [6, 6.07) is 3.97. The second kappa shape index (κ2) is 13.2. The van der Waals surface area contributed by atoms with Crippen molar-refractivity contribution in [2.24, 2.45) is 5.73 Å². The molecule has 0 radical (unpaired) electrons. The summed E-state index contributed by atoms with van der Waals surface area (Å²) in [4.78, 5) is 50.2. The number of amides is 3. The predicted octanol–water partition coefficient (Wildman–Crippen LogP) is 2.33. The molecule has 0 aliphatic carbocycles. The number of piperazine rings is 1. The quantitative estimate of drug-likeness (QED) is 0.472. The Morgan fingerprint density at radius 3 is 2.33 bits per heavy atom. The SMILES string of the molecule is CC1COc2nc(C(N)=O)c(Cc3ccc(F)cc3F)cc2N1C(=O)CN1C[C@@H](C)N(C(=O)O)C[C@@H]1CN1[C@H](C)COC[C@H]1C. The molecule has 244 valence electrons. The standard InChI is InChI=1S/C31H40F2N6O6/c1-17-10-36(24(12-38(17)31(42)43)11-37-18(2)14-44-15-19(37)3)13-27(40)39-20(4)16-45-30-26(39)8-22(28(35-30)29(34)41)7-21-5-6-23(32)9-25(21)33/h5-6,8-9,17-20,24H,7,10-16H2,1-4H3,(H2,34,41)(H,42,43)/t17-,18-,19-,20?,24+/m1/s1. The molecular weight excluding hydrogens is 590 g/mol. The number of carboxylic acid groups (broad SMARTS) is 1. The van der Waals surface area contributed by atoms with Gasteiger partial charge in [0.05, 0.1) is 25.8 Å². The predicted molar refractivity (Wildman–Crippen MR) is 160 cm³/mol. The highest BCUT2D eigenvalue weighted by Crippen LogP contribution is 2.35. The van der Waals surface area contributed by atoms with Gasteiger partial charge in [0.1, 0.15) is 29.6 Å². The van der Waals surface area contributed by atoms with Crippen molar-refractivity contribution in [1.82, 2.24) is 19.7 Å². The molecule has 3 aliphatic heterocycles. The summed E-state index contributed by atoms with van der Waals surface area (Å²) in [6.45, 7) is 10.2. The van der Waals surface area contributed by atoms with E-state index in [1.807, 2.05) is 18.7 Å². The van der Waals surface area contributed by atoms with Crippen molar-refractivity contribution in [3.8, 4) is 5.88 Å². The van der Waals surface area contributed by atoms with E-state index < -0.39 is 29.7 Å². The zero-order valence-corrected chi connectivity index (χ0v) is 25.9.